The minimum atomic E-state index is -4.42. The second-order valence-corrected chi connectivity index (χ2v) is 5.54. The second kappa shape index (κ2) is 6.04. The number of para-hydroxylation sites is 1. The third kappa shape index (κ3) is 3.27. The van der Waals surface area contributed by atoms with Gasteiger partial charge >= 0.3 is 6.18 Å². The van der Waals surface area contributed by atoms with Gasteiger partial charge in [-0.25, -0.2) is 4.98 Å². The molecule has 0 atom stereocenters. The molecule has 1 aliphatic rings. The van der Waals surface area contributed by atoms with Gasteiger partial charge in [-0.05, 0) is 6.07 Å². The lowest BCUT2D eigenvalue weighted by Crippen LogP contribution is -2.06. The van der Waals surface area contributed by atoms with Crippen LogP contribution >= 0.6 is 11.3 Å². The number of thiazole rings is 1. The van der Waals surface area contributed by atoms with Gasteiger partial charge in [0.2, 0.25) is 0 Å². The summed E-state index contributed by atoms with van der Waals surface area (Å²) >= 11 is 0.923. The lowest BCUT2D eigenvalue weighted by molar-refractivity contribution is -0.140. The average Bonchev–Trinajstić information content (AvgIpc) is 2.83. The third-order valence-corrected chi connectivity index (χ3v) is 3.88. The Labute approximate surface area is 128 Å². The standard InChI is InChI=1S/C14H13F3N2O2S/c15-14(16,17)11-8-22-13(19-11)18-7-9-3-1-4-10-12(9)21-6-2-5-20-10/h1,3-4,8H,2,5-7H2,(H,18,19). The molecule has 1 N–H and O–H groups in total. The van der Waals surface area contributed by atoms with Crippen LogP contribution in [0.5, 0.6) is 11.5 Å². The maximum absolute atomic E-state index is 12.5. The summed E-state index contributed by atoms with van der Waals surface area (Å²) in [5.41, 5.74) is -0.0605. The minimum absolute atomic E-state index is 0.222. The molecule has 1 aliphatic heterocycles. The molecule has 118 valence electrons. The largest absolute Gasteiger partial charge is 0.490 e. The Morgan fingerprint density at radius 1 is 1.23 bits per heavy atom. The fraction of sp³-hybridized carbons (Fsp3) is 0.357. The van der Waals surface area contributed by atoms with Crippen LogP contribution in [-0.2, 0) is 12.7 Å². The first-order valence-electron chi connectivity index (χ1n) is 6.68. The van der Waals surface area contributed by atoms with E-state index >= 15 is 0 Å². The van der Waals surface area contributed by atoms with Crippen molar-refractivity contribution >= 4 is 16.5 Å². The fourth-order valence-corrected chi connectivity index (χ4v) is 2.77. The maximum Gasteiger partial charge on any atom is 0.434 e. The number of hydrogen-bond acceptors (Lipinski definition) is 5. The number of ether oxygens (including phenoxy) is 2. The Morgan fingerprint density at radius 2 is 2.05 bits per heavy atom. The Balaban J connectivity index is 1.73. The number of hydrogen-bond donors (Lipinski definition) is 1. The van der Waals surface area contributed by atoms with Crippen molar-refractivity contribution in [3.05, 3.63) is 34.8 Å². The Bertz CT molecular complexity index is 658. The average molecular weight is 330 g/mol. The van der Waals surface area contributed by atoms with Crippen molar-refractivity contribution in [2.75, 3.05) is 18.5 Å². The van der Waals surface area contributed by atoms with Crippen molar-refractivity contribution in [2.24, 2.45) is 0 Å². The molecule has 1 aromatic carbocycles. The van der Waals surface area contributed by atoms with E-state index in [4.69, 9.17) is 9.47 Å². The number of fused-ring (bicyclic) bond motifs is 1. The molecular formula is C14H13F3N2O2S. The van der Waals surface area contributed by atoms with Crippen LogP contribution in [0, 0.1) is 0 Å². The summed E-state index contributed by atoms with van der Waals surface area (Å²) in [5.74, 6) is 1.30. The van der Waals surface area contributed by atoms with Gasteiger partial charge in [-0.2, -0.15) is 13.2 Å². The molecule has 0 saturated heterocycles. The monoisotopic (exact) mass is 330 g/mol. The fourth-order valence-electron chi connectivity index (χ4n) is 2.05. The summed E-state index contributed by atoms with van der Waals surface area (Å²) in [4.78, 5) is 3.54. The van der Waals surface area contributed by atoms with Crippen LogP contribution in [0.3, 0.4) is 0 Å². The Morgan fingerprint density at radius 3 is 2.82 bits per heavy atom. The molecule has 2 heterocycles. The summed E-state index contributed by atoms with van der Waals surface area (Å²) in [7, 11) is 0. The predicted molar refractivity (Wildman–Crippen MR) is 76.5 cm³/mol. The summed E-state index contributed by atoms with van der Waals surface area (Å²) in [6.45, 7) is 1.46. The lowest BCUT2D eigenvalue weighted by atomic mass is 10.2. The van der Waals surface area contributed by atoms with E-state index in [0.717, 1.165) is 28.7 Å². The van der Waals surface area contributed by atoms with E-state index < -0.39 is 11.9 Å². The van der Waals surface area contributed by atoms with Gasteiger partial charge in [0.15, 0.2) is 22.3 Å². The van der Waals surface area contributed by atoms with E-state index in [1.807, 2.05) is 18.2 Å². The van der Waals surface area contributed by atoms with Crippen molar-refractivity contribution in [1.29, 1.82) is 0 Å². The first-order chi connectivity index (χ1) is 10.5. The number of rotatable bonds is 3. The molecule has 0 unspecified atom stereocenters. The molecule has 2 aromatic rings. The van der Waals surface area contributed by atoms with Crippen molar-refractivity contribution in [3.8, 4) is 11.5 Å². The number of nitrogens with zero attached hydrogens (tertiary/aromatic N) is 1. The van der Waals surface area contributed by atoms with Gasteiger partial charge in [-0.3, -0.25) is 0 Å². The SMILES string of the molecule is FC(F)(F)c1csc(NCc2cccc3c2OCCCO3)n1. The summed E-state index contributed by atoms with van der Waals surface area (Å²) in [6, 6.07) is 5.49. The highest BCUT2D eigenvalue weighted by atomic mass is 32.1. The van der Waals surface area contributed by atoms with Gasteiger partial charge in [0.05, 0.1) is 13.2 Å². The molecule has 8 heteroatoms. The Hall–Kier alpha value is -1.96. The van der Waals surface area contributed by atoms with Crippen LogP contribution in [0.1, 0.15) is 17.7 Å². The molecule has 0 bridgehead atoms. The highest BCUT2D eigenvalue weighted by molar-refractivity contribution is 7.13. The van der Waals surface area contributed by atoms with Gasteiger partial charge in [0.1, 0.15) is 0 Å². The van der Waals surface area contributed by atoms with E-state index in [2.05, 4.69) is 10.3 Å². The minimum Gasteiger partial charge on any atom is -0.490 e. The van der Waals surface area contributed by atoms with Crippen molar-refractivity contribution in [2.45, 2.75) is 19.1 Å². The van der Waals surface area contributed by atoms with E-state index in [9.17, 15) is 13.2 Å². The van der Waals surface area contributed by atoms with Crippen LogP contribution in [0.15, 0.2) is 23.6 Å². The highest BCUT2D eigenvalue weighted by Crippen LogP contribution is 2.35. The van der Waals surface area contributed by atoms with Gasteiger partial charge in [0, 0.05) is 23.9 Å². The number of aromatic nitrogens is 1. The smallest absolute Gasteiger partial charge is 0.434 e. The van der Waals surface area contributed by atoms with Crippen LogP contribution in [0.25, 0.3) is 0 Å². The Kier molecular flexibility index (Phi) is 4.10. The molecule has 0 fully saturated rings. The van der Waals surface area contributed by atoms with E-state index in [-0.39, 0.29) is 5.13 Å². The van der Waals surface area contributed by atoms with Crippen molar-refractivity contribution in [3.63, 3.8) is 0 Å². The van der Waals surface area contributed by atoms with Gasteiger partial charge in [0.25, 0.3) is 0 Å². The molecule has 0 radical (unpaired) electrons. The van der Waals surface area contributed by atoms with Crippen LogP contribution in [-0.4, -0.2) is 18.2 Å². The molecule has 1 aromatic heterocycles. The molecule has 0 spiro atoms. The highest BCUT2D eigenvalue weighted by Gasteiger charge is 2.33. The molecule has 22 heavy (non-hydrogen) atoms. The van der Waals surface area contributed by atoms with Gasteiger partial charge in [-0.1, -0.05) is 12.1 Å². The summed E-state index contributed by atoms with van der Waals surface area (Å²) in [6.07, 6.45) is -3.62. The first kappa shape index (κ1) is 15.0. The van der Waals surface area contributed by atoms with Gasteiger partial charge < -0.3 is 14.8 Å². The lowest BCUT2D eigenvalue weighted by Gasteiger charge is -2.12. The normalized spacial score (nSPS) is 14.5. The quantitative estimate of drug-likeness (QED) is 0.926. The number of nitrogens with one attached hydrogen (secondary N) is 1. The zero-order valence-electron chi connectivity index (χ0n) is 11.4. The third-order valence-electron chi connectivity index (χ3n) is 3.08. The molecule has 0 saturated carbocycles. The van der Waals surface area contributed by atoms with Crippen LogP contribution in [0.2, 0.25) is 0 Å². The number of anilines is 1. The molecule has 4 nitrogen and oxygen atoms in total. The summed E-state index contributed by atoms with van der Waals surface area (Å²) < 4.78 is 48.8. The number of halogens is 3. The predicted octanol–water partition coefficient (Wildman–Crippen LogP) is 3.94. The van der Waals surface area contributed by atoms with Crippen molar-refractivity contribution in [1.82, 2.24) is 4.98 Å². The van der Waals surface area contributed by atoms with Crippen LogP contribution in [0.4, 0.5) is 18.3 Å². The maximum atomic E-state index is 12.5. The first-order valence-corrected chi connectivity index (χ1v) is 7.56. The van der Waals surface area contributed by atoms with Gasteiger partial charge in [-0.15, -0.1) is 11.3 Å². The zero-order valence-corrected chi connectivity index (χ0v) is 12.3. The molecule has 0 aliphatic carbocycles. The van der Waals surface area contributed by atoms with Crippen LogP contribution < -0.4 is 14.8 Å². The number of alkyl halides is 3. The summed E-state index contributed by atoms with van der Waals surface area (Å²) in [5, 5.41) is 4.11. The second-order valence-electron chi connectivity index (χ2n) is 4.68. The van der Waals surface area contributed by atoms with E-state index in [0.29, 0.717) is 31.3 Å². The van der Waals surface area contributed by atoms with E-state index in [1.54, 1.807) is 0 Å². The molecular weight excluding hydrogens is 317 g/mol. The number of benzene rings is 1. The topological polar surface area (TPSA) is 43.4 Å². The van der Waals surface area contributed by atoms with E-state index in [1.165, 1.54) is 0 Å². The van der Waals surface area contributed by atoms with Crippen molar-refractivity contribution < 1.29 is 22.6 Å². The molecule has 0 amide bonds. The molecule has 3 rings (SSSR count). The zero-order chi connectivity index (χ0) is 15.6.